The fourth-order valence-corrected chi connectivity index (χ4v) is 9.93. The van der Waals surface area contributed by atoms with Crippen LogP contribution in [-0.2, 0) is 32.7 Å². The SMILES string of the molecule is CC/C=C\C/C=C\C/C=C\C/C=C\CCCCCCCCCCCCCCCCCCCCC(=O)OC(COC(=O)CCCCCCCCCCCCCCCCCCCCCCC)COP(=O)(O)OCCN. The second-order valence-electron chi connectivity index (χ2n) is 20.9. The summed E-state index contributed by atoms with van der Waals surface area (Å²) in [6.45, 7) is 3.69. The van der Waals surface area contributed by atoms with Gasteiger partial charge in [-0.25, -0.2) is 4.57 Å². The quantitative estimate of drug-likeness (QED) is 0.0264. The van der Waals surface area contributed by atoms with E-state index in [1.165, 1.54) is 218 Å². The molecule has 9 nitrogen and oxygen atoms in total. The molecule has 428 valence electrons. The Balaban J connectivity index is 3.88. The van der Waals surface area contributed by atoms with E-state index >= 15 is 0 Å². The molecule has 2 atom stereocenters. The number of unbranched alkanes of at least 4 members (excludes halogenated alkanes) is 38. The lowest BCUT2D eigenvalue weighted by Crippen LogP contribution is -2.29. The lowest BCUT2D eigenvalue weighted by atomic mass is 10.0. The number of ether oxygens (including phenoxy) is 2. The Hall–Kier alpha value is -2.03. The molecule has 0 saturated heterocycles. The molecule has 2 unspecified atom stereocenters. The molecule has 0 saturated carbocycles. The van der Waals surface area contributed by atoms with Gasteiger partial charge in [-0.05, 0) is 51.4 Å². The lowest BCUT2D eigenvalue weighted by molar-refractivity contribution is -0.161. The van der Waals surface area contributed by atoms with Gasteiger partial charge in [0.1, 0.15) is 6.61 Å². The third-order valence-corrected chi connectivity index (χ3v) is 14.7. The number of carbonyl (C=O) groups excluding carboxylic acids is 2. The minimum atomic E-state index is -4.39. The fraction of sp³-hybridized carbons (Fsp3) is 0.841. The smallest absolute Gasteiger partial charge is 0.462 e. The number of carbonyl (C=O) groups is 2. The Morgan fingerprint density at radius 3 is 1.12 bits per heavy atom. The molecule has 0 radical (unpaired) electrons. The summed E-state index contributed by atoms with van der Waals surface area (Å²) in [5.41, 5.74) is 5.39. The van der Waals surface area contributed by atoms with Crippen LogP contribution in [0.3, 0.4) is 0 Å². The van der Waals surface area contributed by atoms with Gasteiger partial charge in [-0.1, -0.05) is 294 Å². The largest absolute Gasteiger partial charge is 0.472 e. The maximum absolute atomic E-state index is 12.7. The molecule has 10 heteroatoms. The van der Waals surface area contributed by atoms with Crippen LogP contribution >= 0.6 is 7.82 Å². The summed E-state index contributed by atoms with van der Waals surface area (Å²) in [6, 6.07) is 0. The normalized spacial score (nSPS) is 13.3. The second kappa shape index (κ2) is 59.2. The van der Waals surface area contributed by atoms with Crippen molar-refractivity contribution in [3.63, 3.8) is 0 Å². The molecule has 3 N–H and O–H groups in total. The van der Waals surface area contributed by atoms with E-state index in [2.05, 4.69) is 62.5 Å². The van der Waals surface area contributed by atoms with E-state index < -0.39 is 26.5 Å². The van der Waals surface area contributed by atoms with Crippen molar-refractivity contribution in [2.24, 2.45) is 5.73 Å². The van der Waals surface area contributed by atoms with Gasteiger partial charge < -0.3 is 20.1 Å². The molecule has 73 heavy (non-hydrogen) atoms. The van der Waals surface area contributed by atoms with Gasteiger partial charge in [0.2, 0.25) is 0 Å². The zero-order valence-electron chi connectivity index (χ0n) is 47.9. The molecule has 0 aromatic rings. The Morgan fingerprint density at radius 1 is 0.425 bits per heavy atom. The van der Waals surface area contributed by atoms with Gasteiger partial charge in [0, 0.05) is 19.4 Å². The molecule has 0 rings (SSSR count). The fourth-order valence-electron chi connectivity index (χ4n) is 9.16. The van der Waals surface area contributed by atoms with Gasteiger partial charge in [0.15, 0.2) is 6.10 Å². The van der Waals surface area contributed by atoms with Gasteiger partial charge in [0.25, 0.3) is 0 Å². The number of hydrogen-bond acceptors (Lipinski definition) is 8. The van der Waals surface area contributed by atoms with E-state index in [1.807, 2.05) is 0 Å². The van der Waals surface area contributed by atoms with E-state index in [0.717, 1.165) is 57.8 Å². The van der Waals surface area contributed by atoms with Crippen LogP contribution in [0.25, 0.3) is 0 Å². The molecule has 0 aliphatic carbocycles. The first-order valence-corrected chi connectivity index (χ1v) is 32.6. The van der Waals surface area contributed by atoms with Gasteiger partial charge in [-0.3, -0.25) is 18.6 Å². The number of phosphoric acid groups is 1. The summed E-state index contributed by atoms with van der Waals surface area (Å²) in [5.74, 6) is -0.809. The molecular weight excluding hydrogens is 930 g/mol. The van der Waals surface area contributed by atoms with Crippen LogP contribution in [-0.4, -0.2) is 49.3 Å². The van der Waals surface area contributed by atoms with Crippen molar-refractivity contribution in [2.75, 3.05) is 26.4 Å². The van der Waals surface area contributed by atoms with Crippen molar-refractivity contribution in [1.29, 1.82) is 0 Å². The number of esters is 2. The van der Waals surface area contributed by atoms with Crippen LogP contribution in [0.2, 0.25) is 0 Å². The van der Waals surface area contributed by atoms with Crippen LogP contribution < -0.4 is 5.73 Å². The van der Waals surface area contributed by atoms with Crippen LogP contribution in [0.1, 0.15) is 309 Å². The monoisotopic (exact) mass is 1050 g/mol. The highest BCUT2D eigenvalue weighted by Gasteiger charge is 2.26. The molecule has 0 aliphatic heterocycles. The van der Waals surface area contributed by atoms with Gasteiger partial charge in [-0.2, -0.15) is 0 Å². The molecule has 0 heterocycles. The van der Waals surface area contributed by atoms with Crippen molar-refractivity contribution in [3.8, 4) is 0 Å². The summed E-state index contributed by atoms with van der Waals surface area (Å²) in [4.78, 5) is 35.2. The summed E-state index contributed by atoms with van der Waals surface area (Å²) >= 11 is 0. The van der Waals surface area contributed by atoms with Crippen molar-refractivity contribution >= 4 is 19.8 Å². The predicted molar refractivity (Wildman–Crippen MR) is 312 cm³/mol. The first kappa shape index (κ1) is 71.0. The molecule has 0 aromatic heterocycles. The molecule has 0 bridgehead atoms. The molecule has 0 fully saturated rings. The minimum absolute atomic E-state index is 0.0554. The lowest BCUT2D eigenvalue weighted by Gasteiger charge is -2.19. The van der Waals surface area contributed by atoms with Gasteiger partial charge in [-0.15, -0.1) is 0 Å². The zero-order chi connectivity index (χ0) is 53.1. The Kier molecular flexibility index (Phi) is 57.6. The molecule has 0 spiro atoms. The van der Waals surface area contributed by atoms with Crippen molar-refractivity contribution in [3.05, 3.63) is 48.6 Å². The topological polar surface area (TPSA) is 134 Å². The van der Waals surface area contributed by atoms with Crippen molar-refractivity contribution in [2.45, 2.75) is 315 Å². The summed E-state index contributed by atoms with van der Waals surface area (Å²) < 4.78 is 33.1. The zero-order valence-corrected chi connectivity index (χ0v) is 48.8. The van der Waals surface area contributed by atoms with Crippen LogP contribution in [0.15, 0.2) is 48.6 Å². The predicted octanol–water partition coefficient (Wildman–Crippen LogP) is 19.7. The first-order chi connectivity index (χ1) is 35.8. The Labute approximate surface area is 451 Å². The van der Waals surface area contributed by atoms with Crippen molar-refractivity contribution < 1.29 is 37.6 Å². The van der Waals surface area contributed by atoms with E-state index in [0.29, 0.717) is 6.42 Å². The highest BCUT2D eigenvalue weighted by Crippen LogP contribution is 2.43. The number of allylic oxidation sites excluding steroid dienone is 8. The Morgan fingerprint density at radius 2 is 0.753 bits per heavy atom. The highest BCUT2D eigenvalue weighted by atomic mass is 31.2. The molecular formula is C63H118NO8P. The average molecular weight is 1050 g/mol. The van der Waals surface area contributed by atoms with E-state index in [-0.39, 0.29) is 38.6 Å². The van der Waals surface area contributed by atoms with Crippen LogP contribution in [0.5, 0.6) is 0 Å². The third kappa shape index (κ3) is 59.1. The number of hydrogen-bond donors (Lipinski definition) is 2. The maximum atomic E-state index is 12.7. The third-order valence-electron chi connectivity index (χ3n) is 13.7. The summed E-state index contributed by atoms with van der Waals surface area (Å²) in [7, 11) is -4.39. The first-order valence-electron chi connectivity index (χ1n) is 31.1. The second-order valence-corrected chi connectivity index (χ2v) is 22.4. The van der Waals surface area contributed by atoms with Gasteiger partial charge in [0.05, 0.1) is 13.2 Å². The average Bonchev–Trinajstić information content (AvgIpc) is 3.38. The number of phosphoric ester groups is 1. The minimum Gasteiger partial charge on any atom is -0.462 e. The molecule has 0 aromatic carbocycles. The maximum Gasteiger partial charge on any atom is 0.472 e. The van der Waals surface area contributed by atoms with E-state index in [1.54, 1.807) is 0 Å². The standard InChI is InChI=1S/C63H118NO8P/c1-3-5-7-9-11-13-15-17-19-21-23-25-26-27-28-29-30-31-32-33-34-36-38-40-42-44-46-48-50-52-54-56-63(66)72-61(60-71-73(67,68)70-58-57-64)59-69-62(65)55-53-51-49-47-45-43-41-39-37-35-24-22-20-18-16-14-12-10-8-6-4-2/h5,7,11,13,17,19,23,25,61H,3-4,6,8-10,12,14-16,18,20-22,24,26-60,64H2,1-2H3,(H,67,68)/b7-5-,13-11-,19-17-,25-23-. The number of nitrogens with two attached hydrogens (primary N) is 1. The van der Waals surface area contributed by atoms with E-state index in [4.69, 9.17) is 24.3 Å². The van der Waals surface area contributed by atoms with Gasteiger partial charge >= 0.3 is 19.8 Å². The highest BCUT2D eigenvalue weighted by molar-refractivity contribution is 7.47. The summed E-state index contributed by atoms with van der Waals surface area (Å²) in [6.07, 6.45) is 73.2. The molecule has 0 amide bonds. The number of rotatable bonds is 59. The van der Waals surface area contributed by atoms with Crippen molar-refractivity contribution in [1.82, 2.24) is 0 Å². The Bertz CT molecular complexity index is 1330. The van der Waals surface area contributed by atoms with Crippen LogP contribution in [0.4, 0.5) is 0 Å². The van der Waals surface area contributed by atoms with E-state index in [9.17, 15) is 19.0 Å². The summed E-state index contributed by atoms with van der Waals surface area (Å²) in [5, 5.41) is 0. The molecule has 0 aliphatic rings. The van der Waals surface area contributed by atoms with Crippen LogP contribution in [0, 0.1) is 0 Å².